The zero-order valence-corrected chi connectivity index (χ0v) is 14.2. The number of carbonyl (C=O) groups excluding carboxylic acids is 1. The number of nitrogens with zero attached hydrogens (tertiary/aromatic N) is 2. The Morgan fingerprint density at radius 3 is 2.74 bits per heavy atom. The molecule has 1 unspecified atom stereocenters. The quantitative estimate of drug-likeness (QED) is 0.837. The number of nitrogens with one attached hydrogen (secondary N) is 1. The molecule has 7 heteroatoms. The van der Waals surface area contributed by atoms with E-state index < -0.39 is 11.9 Å². The fourth-order valence-corrected chi connectivity index (χ4v) is 2.89. The Balaban J connectivity index is 2.00. The van der Waals surface area contributed by atoms with Crippen molar-refractivity contribution in [2.75, 3.05) is 5.32 Å². The van der Waals surface area contributed by atoms with Crippen LogP contribution in [0.15, 0.2) is 24.3 Å². The van der Waals surface area contributed by atoms with Crippen LogP contribution in [0, 0.1) is 11.7 Å². The van der Waals surface area contributed by atoms with Gasteiger partial charge in [0, 0.05) is 6.42 Å². The smallest absolute Gasteiger partial charge is 0.267 e. The highest BCUT2D eigenvalue weighted by Crippen LogP contribution is 2.21. The van der Waals surface area contributed by atoms with E-state index >= 15 is 0 Å². The highest BCUT2D eigenvalue weighted by atomic mass is 32.1. The molecule has 1 amide bonds. The molecular formula is C16H20FN3O2S. The maximum absolute atomic E-state index is 13.6. The lowest BCUT2D eigenvalue weighted by atomic mass is 10.1. The summed E-state index contributed by atoms with van der Waals surface area (Å²) in [5.74, 6) is -0.316. The van der Waals surface area contributed by atoms with E-state index in [9.17, 15) is 9.18 Å². The van der Waals surface area contributed by atoms with Crippen LogP contribution in [-0.2, 0) is 11.2 Å². The maximum atomic E-state index is 13.6. The number of halogens is 1. The number of hydrogen-bond donors (Lipinski definition) is 1. The molecule has 0 aliphatic heterocycles. The van der Waals surface area contributed by atoms with Gasteiger partial charge in [0.15, 0.2) is 17.7 Å². The maximum Gasteiger partial charge on any atom is 0.267 e. The Hall–Kier alpha value is -2.02. The van der Waals surface area contributed by atoms with E-state index in [0.29, 0.717) is 17.5 Å². The van der Waals surface area contributed by atoms with Gasteiger partial charge in [-0.3, -0.25) is 10.1 Å². The summed E-state index contributed by atoms with van der Waals surface area (Å²) in [6.07, 6.45) is 0.443. The first kappa shape index (κ1) is 17.3. The minimum atomic E-state index is -0.788. The second kappa shape index (κ2) is 8.01. The number of rotatable bonds is 7. The molecular weight excluding hydrogens is 317 g/mol. The Kier molecular flexibility index (Phi) is 6.04. The van der Waals surface area contributed by atoms with E-state index in [4.69, 9.17) is 4.74 Å². The van der Waals surface area contributed by atoms with Gasteiger partial charge in [-0.05, 0) is 24.5 Å². The van der Waals surface area contributed by atoms with Crippen molar-refractivity contribution in [3.8, 4) is 5.75 Å². The molecule has 0 aliphatic rings. The van der Waals surface area contributed by atoms with Crippen molar-refractivity contribution in [3.63, 3.8) is 0 Å². The van der Waals surface area contributed by atoms with Crippen LogP contribution in [0.3, 0.4) is 0 Å². The number of amides is 1. The number of carbonyl (C=O) groups is 1. The van der Waals surface area contributed by atoms with Crippen molar-refractivity contribution in [1.82, 2.24) is 10.2 Å². The zero-order valence-electron chi connectivity index (χ0n) is 13.4. The SMILES string of the molecule is CCC(Oc1ccccc1F)C(=O)Nc1nnc(CC(C)C)s1. The average Bonchev–Trinajstić information content (AvgIpc) is 2.92. The molecule has 1 atom stereocenters. The summed E-state index contributed by atoms with van der Waals surface area (Å²) < 4.78 is 19.1. The monoisotopic (exact) mass is 337 g/mol. The fraction of sp³-hybridized carbons (Fsp3) is 0.438. The van der Waals surface area contributed by atoms with Gasteiger partial charge in [-0.15, -0.1) is 10.2 Å². The molecule has 0 aliphatic carbocycles. The van der Waals surface area contributed by atoms with E-state index in [1.165, 1.54) is 23.5 Å². The van der Waals surface area contributed by atoms with E-state index in [1.54, 1.807) is 19.1 Å². The summed E-state index contributed by atoms with van der Waals surface area (Å²) in [5, 5.41) is 12.0. The first-order valence-corrected chi connectivity index (χ1v) is 8.35. The van der Waals surface area contributed by atoms with Crippen LogP contribution >= 0.6 is 11.3 Å². The van der Waals surface area contributed by atoms with Crippen molar-refractivity contribution in [3.05, 3.63) is 35.1 Å². The molecule has 1 N–H and O–H groups in total. The summed E-state index contributed by atoms with van der Waals surface area (Å²) in [5.41, 5.74) is 0. The lowest BCUT2D eigenvalue weighted by Gasteiger charge is -2.16. The van der Waals surface area contributed by atoms with Crippen LogP contribution in [-0.4, -0.2) is 22.2 Å². The fourth-order valence-electron chi connectivity index (χ4n) is 1.94. The molecule has 124 valence electrons. The molecule has 1 aromatic carbocycles. The zero-order chi connectivity index (χ0) is 16.8. The van der Waals surface area contributed by atoms with Crippen LogP contribution < -0.4 is 10.1 Å². The molecule has 0 bridgehead atoms. The summed E-state index contributed by atoms with van der Waals surface area (Å²) >= 11 is 1.34. The Labute approximate surface area is 138 Å². The summed E-state index contributed by atoms with van der Waals surface area (Å²) in [4.78, 5) is 12.3. The molecule has 2 rings (SSSR count). The molecule has 1 aromatic heterocycles. The van der Waals surface area contributed by atoms with Crippen LogP contribution in [0.5, 0.6) is 5.75 Å². The van der Waals surface area contributed by atoms with Crippen LogP contribution in [0.1, 0.15) is 32.2 Å². The number of aromatic nitrogens is 2. The molecule has 1 heterocycles. The van der Waals surface area contributed by atoms with Crippen molar-refractivity contribution in [2.45, 2.75) is 39.7 Å². The highest BCUT2D eigenvalue weighted by Gasteiger charge is 2.21. The Morgan fingerprint density at radius 2 is 2.09 bits per heavy atom. The minimum Gasteiger partial charge on any atom is -0.478 e. The van der Waals surface area contributed by atoms with Gasteiger partial charge in [-0.25, -0.2) is 4.39 Å². The molecule has 5 nitrogen and oxygen atoms in total. The van der Waals surface area contributed by atoms with E-state index in [-0.39, 0.29) is 11.7 Å². The van der Waals surface area contributed by atoms with Crippen molar-refractivity contribution < 1.29 is 13.9 Å². The van der Waals surface area contributed by atoms with Crippen molar-refractivity contribution >= 4 is 22.4 Å². The van der Waals surface area contributed by atoms with Gasteiger partial charge < -0.3 is 4.74 Å². The third kappa shape index (κ3) is 4.99. The molecule has 0 radical (unpaired) electrons. The van der Waals surface area contributed by atoms with Gasteiger partial charge >= 0.3 is 0 Å². The third-order valence-corrected chi connectivity index (χ3v) is 3.91. The minimum absolute atomic E-state index is 0.0623. The largest absolute Gasteiger partial charge is 0.478 e. The standard InChI is InChI=1S/C16H20FN3O2S/c1-4-12(22-13-8-6-5-7-11(13)17)15(21)18-16-20-19-14(23-16)9-10(2)3/h5-8,10,12H,4,9H2,1-3H3,(H,18,20,21). The summed E-state index contributed by atoms with van der Waals surface area (Å²) in [6.45, 7) is 5.99. The summed E-state index contributed by atoms with van der Waals surface area (Å²) in [7, 11) is 0. The normalized spacial score (nSPS) is 12.2. The molecule has 23 heavy (non-hydrogen) atoms. The second-order valence-electron chi connectivity index (χ2n) is 5.53. The topological polar surface area (TPSA) is 64.1 Å². The number of anilines is 1. The molecule has 0 fully saturated rings. The summed E-state index contributed by atoms with van der Waals surface area (Å²) in [6, 6.07) is 6.02. The molecule has 2 aromatic rings. The van der Waals surface area contributed by atoms with Crippen LogP contribution in [0.4, 0.5) is 9.52 Å². The van der Waals surface area contributed by atoms with Crippen molar-refractivity contribution in [2.24, 2.45) is 5.92 Å². The Morgan fingerprint density at radius 1 is 1.35 bits per heavy atom. The number of hydrogen-bond acceptors (Lipinski definition) is 5. The first-order chi connectivity index (χ1) is 11.0. The van der Waals surface area contributed by atoms with E-state index in [0.717, 1.165) is 11.4 Å². The second-order valence-corrected chi connectivity index (χ2v) is 6.60. The number of para-hydroxylation sites is 1. The molecule has 0 spiro atoms. The van der Waals surface area contributed by atoms with Gasteiger partial charge in [0.1, 0.15) is 5.01 Å². The van der Waals surface area contributed by atoms with E-state index in [1.807, 2.05) is 0 Å². The first-order valence-electron chi connectivity index (χ1n) is 7.54. The van der Waals surface area contributed by atoms with Gasteiger partial charge in [0.2, 0.25) is 5.13 Å². The van der Waals surface area contributed by atoms with Crippen molar-refractivity contribution in [1.29, 1.82) is 0 Å². The van der Waals surface area contributed by atoms with E-state index in [2.05, 4.69) is 29.4 Å². The molecule has 0 saturated carbocycles. The number of ether oxygens (including phenoxy) is 1. The van der Waals surface area contributed by atoms with Gasteiger partial charge in [-0.2, -0.15) is 0 Å². The highest BCUT2D eigenvalue weighted by molar-refractivity contribution is 7.15. The van der Waals surface area contributed by atoms with Crippen LogP contribution in [0.25, 0.3) is 0 Å². The molecule has 0 saturated heterocycles. The predicted molar refractivity (Wildman–Crippen MR) is 88.2 cm³/mol. The Bertz CT molecular complexity index is 660. The van der Waals surface area contributed by atoms with Gasteiger partial charge in [0.25, 0.3) is 5.91 Å². The third-order valence-electron chi connectivity index (χ3n) is 3.05. The lowest BCUT2D eigenvalue weighted by Crippen LogP contribution is -2.32. The lowest BCUT2D eigenvalue weighted by molar-refractivity contribution is -0.122. The van der Waals surface area contributed by atoms with Gasteiger partial charge in [-0.1, -0.05) is 44.2 Å². The van der Waals surface area contributed by atoms with Gasteiger partial charge in [0.05, 0.1) is 0 Å². The average molecular weight is 337 g/mol. The number of benzene rings is 1. The predicted octanol–water partition coefficient (Wildman–Crippen LogP) is 3.67. The van der Waals surface area contributed by atoms with Crippen LogP contribution in [0.2, 0.25) is 0 Å².